The summed E-state index contributed by atoms with van der Waals surface area (Å²) in [6, 6.07) is 15.4. The Morgan fingerprint density at radius 1 is 0.567 bits per heavy atom. The summed E-state index contributed by atoms with van der Waals surface area (Å²) >= 11 is 0. The number of hydrogen-bond donors (Lipinski definition) is 2. The number of para-hydroxylation sites is 2. The minimum Gasteiger partial charge on any atom is -0.321 e. The van der Waals surface area contributed by atoms with Crippen molar-refractivity contribution in [2.24, 2.45) is 23.3 Å². The third-order valence-electron chi connectivity index (χ3n) is 5.50. The SMILES string of the molecule is CC(C)[C@H](N)c1nc(-c2nc([C@@H](N)C(C)C)nc3ccccc23)c2ccccc2n1. The maximum Gasteiger partial charge on any atom is 0.146 e. The molecule has 4 rings (SSSR count). The molecule has 2 aromatic carbocycles. The van der Waals surface area contributed by atoms with Crippen molar-refractivity contribution in [3.05, 3.63) is 60.2 Å². The van der Waals surface area contributed by atoms with Gasteiger partial charge in [0.1, 0.15) is 23.0 Å². The molecule has 2 atom stereocenters. The lowest BCUT2D eigenvalue weighted by atomic mass is 10.0. The molecule has 4 aromatic rings. The molecule has 4 N–H and O–H groups in total. The Labute approximate surface area is 176 Å². The van der Waals surface area contributed by atoms with E-state index in [1.807, 2.05) is 48.5 Å². The number of hydrogen-bond acceptors (Lipinski definition) is 6. The summed E-state index contributed by atoms with van der Waals surface area (Å²) in [5.74, 6) is 1.67. The molecule has 0 saturated heterocycles. The summed E-state index contributed by atoms with van der Waals surface area (Å²) in [4.78, 5) is 19.3. The Morgan fingerprint density at radius 3 is 1.30 bits per heavy atom. The fraction of sp³-hybridized carbons (Fsp3) is 0.333. The molecule has 2 heterocycles. The largest absolute Gasteiger partial charge is 0.321 e. The van der Waals surface area contributed by atoms with Crippen LogP contribution in [0.5, 0.6) is 0 Å². The monoisotopic (exact) mass is 400 g/mol. The standard InChI is InChI=1S/C24H28N6/c1-13(2)19(25)23-27-17-11-7-5-9-15(17)21(29-23)22-16-10-6-8-12-18(16)28-24(30-22)20(26)14(3)4/h5-14,19-20H,25-26H2,1-4H3/t19-,20-/m0/s1. The Kier molecular flexibility index (Phi) is 5.45. The van der Waals surface area contributed by atoms with Crippen LogP contribution in [0.15, 0.2) is 48.5 Å². The number of nitrogens with zero attached hydrogens (tertiary/aromatic N) is 4. The van der Waals surface area contributed by atoms with Crippen LogP contribution in [0.2, 0.25) is 0 Å². The average molecular weight is 401 g/mol. The second kappa shape index (κ2) is 8.05. The van der Waals surface area contributed by atoms with E-state index in [4.69, 9.17) is 31.4 Å². The van der Waals surface area contributed by atoms with Gasteiger partial charge in [-0.2, -0.15) is 0 Å². The van der Waals surface area contributed by atoms with Crippen LogP contribution in [0.4, 0.5) is 0 Å². The summed E-state index contributed by atoms with van der Waals surface area (Å²) in [6.45, 7) is 8.29. The number of rotatable bonds is 5. The molecule has 154 valence electrons. The van der Waals surface area contributed by atoms with Gasteiger partial charge in [-0.25, -0.2) is 19.9 Å². The predicted octanol–water partition coefficient (Wildman–Crippen LogP) is 4.55. The number of benzene rings is 2. The Morgan fingerprint density at radius 2 is 0.933 bits per heavy atom. The summed E-state index contributed by atoms with van der Waals surface area (Å²) in [6.07, 6.45) is 0. The molecule has 0 aliphatic heterocycles. The van der Waals surface area contributed by atoms with Gasteiger partial charge in [0.2, 0.25) is 0 Å². The van der Waals surface area contributed by atoms with Crippen LogP contribution in [0.25, 0.3) is 33.2 Å². The second-order valence-corrected chi connectivity index (χ2v) is 8.43. The minimum atomic E-state index is -0.265. The maximum absolute atomic E-state index is 6.43. The molecule has 6 nitrogen and oxygen atoms in total. The van der Waals surface area contributed by atoms with Crippen molar-refractivity contribution in [3.63, 3.8) is 0 Å². The summed E-state index contributed by atoms with van der Waals surface area (Å²) in [5.41, 5.74) is 16.1. The van der Waals surface area contributed by atoms with Crippen LogP contribution in [0.3, 0.4) is 0 Å². The van der Waals surface area contributed by atoms with Crippen molar-refractivity contribution in [2.45, 2.75) is 39.8 Å². The van der Waals surface area contributed by atoms with E-state index >= 15 is 0 Å². The molecule has 0 fully saturated rings. The number of fused-ring (bicyclic) bond motifs is 2. The highest BCUT2D eigenvalue weighted by atomic mass is 15.0. The second-order valence-electron chi connectivity index (χ2n) is 8.43. The number of nitrogens with two attached hydrogens (primary N) is 2. The molecule has 2 aromatic heterocycles. The van der Waals surface area contributed by atoms with Gasteiger partial charge in [-0.05, 0) is 24.0 Å². The molecule has 0 unspecified atom stereocenters. The molecular formula is C24H28N6. The van der Waals surface area contributed by atoms with Crippen LogP contribution in [0.1, 0.15) is 51.4 Å². The Balaban J connectivity index is 2.06. The molecule has 0 aliphatic rings. The van der Waals surface area contributed by atoms with Gasteiger partial charge in [-0.15, -0.1) is 0 Å². The highest BCUT2D eigenvalue weighted by Crippen LogP contribution is 2.32. The molecule has 0 aliphatic carbocycles. The van der Waals surface area contributed by atoms with E-state index in [1.165, 1.54) is 0 Å². The van der Waals surface area contributed by atoms with E-state index in [2.05, 4.69) is 27.7 Å². The van der Waals surface area contributed by atoms with Crippen molar-refractivity contribution >= 4 is 21.8 Å². The van der Waals surface area contributed by atoms with Gasteiger partial charge in [0.15, 0.2) is 0 Å². The van der Waals surface area contributed by atoms with Crippen LogP contribution < -0.4 is 11.5 Å². The Hall–Kier alpha value is -2.96. The van der Waals surface area contributed by atoms with Gasteiger partial charge < -0.3 is 11.5 Å². The normalized spacial score (nSPS) is 14.0. The molecular weight excluding hydrogens is 372 g/mol. The molecule has 0 radical (unpaired) electrons. The lowest BCUT2D eigenvalue weighted by Crippen LogP contribution is -2.21. The highest BCUT2D eigenvalue weighted by Gasteiger charge is 2.22. The minimum absolute atomic E-state index is 0.214. The summed E-state index contributed by atoms with van der Waals surface area (Å²) < 4.78 is 0. The molecule has 0 amide bonds. The fourth-order valence-electron chi connectivity index (χ4n) is 3.44. The van der Waals surface area contributed by atoms with E-state index in [1.54, 1.807) is 0 Å². The highest BCUT2D eigenvalue weighted by molar-refractivity contribution is 6.00. The zero-order valence-electron chi connectivity index (χ0n) is 17.9. The third kappa shape index (κ3) is 3.64. The maximum atomic E-state index is 6.43. The lowest BCUT2D eigenvalue weighted by molar-refractivity contribution is 0.490. The zero-order valence-corrected chi connectivity index (χ0v) is 17.9. The zero-order chi connectivity index (χ0) is 21.4. The van der Waals surface area contributed by atoms with Crippen molar-refractivity contribution in [2.75, 3.05) is 0 Å². The first kappa shape index (κ1) is 20.3. The average Bonchev–Trinajstić information content (AvgIpc) is 2.76. The quantitative estimate of drug-likeness (QED) is 0.509. The first-order chi connectivity index (χ1) is 14.4. The van der Waals surface area contributed by atoms with Gasteiger partial charge >= 0.3 is 0 Å². The van der Waals surface area contributed by atoms with E-state index in [0.29, 0.717) is 11.6 Å². The van der Waals surface area contributed by atoms with Crippen molar-refractivity contribution in [1.82, 2.24) is 19.9 Å². The van der Waals surface area contributed by atoms with E-state index in [0.717, 1.165) is 33.2 Å². The van der Waals surface area contributed by atoms with Gasteiger partial charge in [0.05, 0.1) is 23.1 Å². The number of aromatic nitrogens is 4. The fourth-order valence-corrected chi connectivity index (χ4v) is 3.44. The molecule has 6 heteroatoms. The van der Waals surface area contributed by atoms with Crippen LogP contribution in [0, 0.1) is 11.8 Å². The van der Waals surface area contributed by atoms with E-state index in [9.17, 15) is 0 Å². The smallest absolute Gasteiger partial charge is 0.146 e. The van der Waals surface area contributed by atoms with Crippen LogP contribution in [-0.2, 0) is 0 Å². The van der Waals surface area contributed by atoms with E-state index < -0.39 is 0 Å². The molecule has 0 saturated carbocycles. The van der Waals surface area contributed by atoms with Gasteiger partial charge in [0.25, 0.3) is 0 Å². The van der Waals surface area contributed by atoms with Gasteiger partial charge in [0, 0.05) is 10.8 Å². The molecule has 30 heavy (non-hydrogen) atoms. The van der Waals surface area contributed by atoms with Gasteiger partial charge in [-0.1, -0.05) is 64.1 Å². The first-order valence-corrected chi connectivity index (χ1v) is 10.4. The van der Waals surface area contributed by atoms with Crippen LogP contribution in [-0.4, -0.2) is 19.9 Å². The van der Waals surface area contributed by atoms with Crippen LogP contribution >= 0.6 is 0 Å². The Bertz CT molecular complexity index is 1110. The molecule has 0 bridgehead atoms. The first-order valence-electron chi connectivity index (χ1n) is 10.4. The lowest BCUT2D eigenvalue weighted by Gasteiger charge is -2.19. The van der Waals surface area contributed by atoms with Crippen molar-refractivity contribution < 1.29 is 0 Å². The summed E-state index contributed by atoms with van der Waals surface area (Å²) in [5, 5.41) is 1.87. The van der Waals surface area contributed by atoms with Gasteiger partial charge in [-0.3, -0.25) is 0 Å². The summed E-state index contributed by atoms with van der Waals surface area (Å²) in [7, 11) is 0. The van der Waals surface area contributed by atoms with Crippen molar-refractivity contribution in [3.8, 4) is 11.4 Å². The molecule has 0 spiro atoms. The third-order valence-corrected chi connectivity index (χ3v) is 5.50. The topological polar surface area (TPSA) is 104 Å². The predicted molar refractivity (Wildman–Crippen MR) is 122 cm³/mol. The van der Waals surface area contributed by atoms with Crippen molar-refractivity contribution in [1.29, 1.82) is 0 Å². The van der Waals surface area contributed by atoms with E-state index in [-0.39, 0.29) is 23.9 Å².